The van der Waals surface area contributed by atoms with Gasteiger partial charge in [-0.25, -0.2) is 0 Å². The first-order valence-corrected chi connectivity index (χ1v) is 23.2. The van der Waals surface area contributed by atoms with Crippen molar-refractivity contribution in [1.82, 2.24) is 4.57 Å². The summed E-state index contributed by atoms with van der Waals surface area (Å²) in [7, 11) is 0. The van der Waals surface area contributed by atoms with Crippen LogP contribution in [-0.2, 0) is 0 Å². The Morgan fingerprint density at radius 3 is 1.37 bits per heavy atom. The molecular weight excluding hydrogens is 809 g/mol. The van der Waals surface area contributed by atoms with Gasteiger partial charge in [0.1, 0.15) is 0 Å². The average Bonchev–Trinajstić information content (AvgIpc) is 3.73. The molecule has 13 rings (SSSR count). The van der Waals surface area contributed by atoms with Gasteiger partial charge in [-0.15, -0.1) is 0 Å². The molecule has 2 heteroatoms. The molecule has 0 amide bonds. The number of nitrogens with zero attached hydrogens (tertiary/aromatic N) is 2. The molecule has 12 aromatic carbocycles. The van der Waals surface area contributed by atoms with Crippen LogP contribution >= 0.6 is 0 Å². The second-order valence-electron chi connectivity index (χ2n) is 17.7. The number of benzene rings is 12. The van der Waals surface area contributed by atoms with Crippen LogP contribution in [0.4, 0.5) is 17.1 Å². The van der Waals surface area contributed by atoms with E-state index >= 15 is 0 Å². The first-order chi connectivity index (χ1) is 33.2. The van der Waals surface area contributed by atoms with Gasteiger partial charge in [-0.1, -0.05) is 194 Å². The fourth-order valence-corrected chi connectivity index (χ4v) is 10.7. The molecule has 0 fully saturated rings. The molecule has 0 atom stereocenters. The third kappa shape index (κ3) is 6.65. The van der Waals surface area contributed by atoms with Crippen molar-refractivity contribution in [1.29, 1.82) is 0 Å². The SMILES string of the molecule is c1ccc(-c2ccc(N(c3ccc(-c4ccc5c(c4)c4c6ccc7cccc8ccc(cc4n5-c4ccccc4)c6c87)cc3)c3ccc(C(c4ccccc4)c4ccccc4)cc3)cc2)cc1. The molecule has 1 aromatic heterocycles. The van der Waals surface area contributed by atoms with Gasteiger partial charge in [-0.05, 0) is 138 Å². The zero-order valence-corrected chi connectivity index (χ0v) is 36.8. The molecule has 0 saturated carbocycles. The topological polar surface area (TPSA) is 8.17 Å². The van der Waals surface area contributed by atoms with Crippen LogP contribution in [0.5, 0.6) is 0 Å². The highest BCUT2D eigenvalue weighted by Gasteiger charge is 2.21. The Kier molecular flexibility index (Phi) is 9.28. The molecule has 0 radical (unpaired) electrons. The van der Waals surface area contributed by atoms with Crippen LogP contribution in [0.15, 0.2) is 261 Å². The average molecular weight is 853 g/mol. The summed E-state index contributed by atoms with van der Waals surface area (Å²) in [6.45, 7) is 0. The normalized spacial score (nSPS) is 11.7. The molecule has 1 heterocycles. The van der Waals surface area contributed by atoms with Crippen LogP contribution < -0.4 is 4.90 Å². The lowest BCUT2D eigenvalue weighted by molar-refractivity contribution is 0.977. The number of rotatable bonds is 9. The van der Waals surface area contributed by atoms with E-state index in [0.717, 1.165) is 22.7 Å². The largest absolute Gasteiger partial charge is 0.311 e. The lowest BCUT2D eigenvalue weighted by atomic mass is 9.85. The summed E-state index contributed by atoms with van der Waals surface area (Å²) in [6.07, 6.45) is 0. The van der Waals surface area contributed by atoms with Crippen molar-refractivity contribution in [2.45, 2.75) is 5.92 Å². The van der Waals surface area contributed by atoms with E-state index in [-0.39, 0.29) is 5.92 Å². The van der Waals surface area contributed by atoms with E-state index in [1.54, 1.807) is 0 Å². The van der Waals surface area contributed by atoms with E-state index in [4.69, 9.17) is 0 Å². The fourth-order valence-electron chi connectivity index (χ4n) is 10.7. The molecule has 2 nitrogen and oxygen atoms in total. The minimum absolute atomic E-state index is 0.124. The number of aromatic nitrogens is 1. The number of anilines is 3. The van der Waals surface area contributed by atoms with Gasteiger partial charge < -0.3 is 9.47 Å². The minimum atomic E-state index is 0.124. The second kappa shape index (κ2) is 16.1. The van der Waals surface area contributed by atoms with Gasteiger partial charge in [-0.3, -0.25) is 0 Å². The Morgan fingerprint density at radius 1 is 0.284 bits per heavy atom. The third-order valence-corrected chi connectivity index (χ3v) is 13.8. The van der Waals surface area contributed by atoms with Crippen molar-refractivity contribution in [2.24, 2.45) is 0 Å². The second-order valence-corrected chi connectivity index (χ2v) is 17.7. The van der Waals surface area contributed by atoms with Crippen LogP contribution in [0, 0.1) is 0 Å². The van der Waals surface area contributed by atoms with Crippen molar-refractivity contribution >= 4 is 71.2 Å². The highest BCUT2D eigenvalue weighted by molar-refractivity contribution is 6.33. The van der Waals surface area contributed by atoms with Crippen molar-refractivity contribution < 1.29 is 0 Å². The molecule has 0 aliphatic rings. The Balaban J connectivity index is 0.932. The van der Waals surface area contributed by atoms with Crippen LogP contribution in [0.1, 0.15) is 22.6 Å². The van der Waals surface area contributed by atoms with Crippen LogP contribution in [0.25, 0.3) is 82.1 Å². The van der Waals surface area contributed by atoms with E-state index in [0.29, 0.717) is 0 Å². The first-order valence-electron chi connectivity index (χ1n) is 23.2. The molecule has 0 bridgehead atoms. The van der Waals surface area contributed by atoms with Crippen LogP contribution in [0.2, 0.25) is 0 Å². The molecule has 0 saturated heterocycles. The number of para-hydroxylation sites is 1. The molecule has 13 aromatic rings. The molecular formula is C65H44N2. The fraction of sp³-hybridized carbons (Fsp3) is 0.0154. The van der Waals surface area contributed by atoms with Crippen molar-refractivity contribution in [3.8, 4) is 27.9 Å². The maximum Gasteiger partial charge on any atom is 0.0553 e. The predicted octanol–water partition coefficient (Wildman–Crippen LogP) is 17.7. The van der Waals surface area contributed by atoms with Crippen molar-refractivity contribution in [3.63, 3.8) is 0 Å². The minimum Gasteiger partial charge on any atom is -0.311 e. The Bertz CT molecular complexity index is 3800. The highest BCUT2D eigenvalue weighted by Crippen LogP contribution is 2.45. The standard InChI is InChI=1S/C65H44N2/c1-5-14-44(15-6-1)45-26-34-55(35-27-45)66(57-38-30-51(31-39-57)62(47-16-7-2-8-17-47)48-18-9-3-10-19-48)56-36-28-46(29-37-56)52-33-41-60-59(42-52)65-58-40-32-50-21-13-20-49-24-25-53(64(58)63(49)50)43-61(65)67(60)54-22-11-4-12-23-54/h1-43,62H. The Hall–Kier alpha value is -8.72. The van der Waals surface area contributed by atoms with E-state index < -0.39 is 0 Å². The summed E-state index contributed by atoms with van der Waals surface area (Å²) < 4.78 is 2.44. The van der Waals surface area contributed by atoms with Gasteiger partial charge >= 0.3 is 0 Å². The molecule has 0 spiro atoms. The first kappa shape index (κ1) is 38.7. The highest BCUT2D eigenvalue weighted by atomic mass is 15.1. The zero-order chi connectivity index (χ0) is 44.3. The van der Waals surface area contributed by atoms with Crippen LogP contribution in [-0.4, -0.2) is 4.57 Å². The summed E-state index contributed by atoms with van der Waals surface area (Å²) in [6, 6.07) is 95.6. The van der Waals surface area contributed by atoms with Crippen LogP contribution in [0.3, 0.4) is 0 Å². The van der Waals surface area contributed by atoms with Gasteiger partial charge in [0, 0.05) is 39.4 Å². The van der Waals surface area contributed by atoms with Gasteiger partial charge in [0.05, 0.1) is 11.0 Å². The number of hydrogen-bond donors (Lipinski definition) is 0. The maximum absolute atomic E-state index is 2.44. The lowest BCUT2D eigenvalue weighted by Gasteiger charge is -2.27. The number of fused-ring (bicyclic) bond motifs is 4. The summed E-state index contributed by atoms with van der Waals surface area (Å²) in [5, 5.41) is 10.3. The quantitative estimate of drug-likeness (QED) is 0.104. The van der Waals surface area contributed by atoms with Crippen molar-refractivity contribution in [3.05, 3.63) is 278 Å². The van der Waals surface area contributed by atoms with Gasteiger partial charge in [0.25, 0.3) is 0 Å². The predicted molar refractivity (Wildman–Crippen MR) is 284 cm³/mol. The molecule has 0 unspecified atom stereocenters. The number of hydrogen-bond acceptors (Lipinski definition) is 1. The molecule has 0 aliphatic heterocycles. The van der Waals surface area contributed by atoms with Gasteiger partial charge in [0.15, 0.2) is 0 Å². The molecule has 67 heavy (non-hydrogen) atoms. The molecule has 314 valence electrons. The third-order valence-electron chi connectivity index (χ3n) is 13.8. The van der Waals surface area contributed by atoms with E-state index in [1.165, 1.54) is 93.1 Å². The monoisotopic (exact) mass is 852 g/mol. The van der Waals surface area contributed by atoms with Gasteiger partial charge in [-0.2, -0.15) is 0 Å². The van der Waals surface area contributed by atoms with Gasteiger partial charge in [0.2, 0.25) is 0 Å². The Labute approximate surface area is 390 Å². The van der Waals surface area contributed by atoms with E-state index in [2.05, 4.69) is 270 Å². The van der Waals surface area contributed by atoms with Crippen molar-refractivity contribution in [2.75, 3.05) is 4.90 Å². The summed E-state index contributed by atoms with van der Waals surface area (Å²) in [4.78, 5) is 2.37. The summed E-state index contributed by atoms with van der Waals surface area (Å²) in [5.74, 6) is 0.124. The lowest BCUT2D eigenvalue weighted by Crippen LogP contribution is -2.10. The Morgan fingerprint density at radius 2 is 0.761 bits per heavy atom. The smallest absolute Gasteiger partial charge is 0.0553 e. The molecule has 0 aliphatic carbocycles. The molecule has 0 N–H and O–H groups in total. The maximum atomic E-state index is 2.44. The zero-order valence-electron chi connectivity index (χ0n) is 36.8. The van der Waals surface area contributed by atoms with E-state index in [9.17, 15) is 0 Å². The summed E-state index contributed by atoms with van der Waals surface area (Å²) in [5.41, 5.74) is 15.4. The van der Waals surface area contributed by atoms with E-state index in [1.807, 2.05) is 0 Å². The summed E-state index contributed by atoms with van der Waals surface area (Å²) >= 11 is 0.